The summed E-state index contributed by atoms with van der Waals surface area (Å²) in [5.74, 6) is 0.871. The molecule has 0 bridgehead atoms. The summed E-state index contributed by atoms with van der Waals surface area (Å²) in [4.78, 5) is 14.5. The van der Waals surface area contributed by atoms with Crippen molar-refractivity contribution in [2.45, 2.75) is 40.3 Å². The molecule has 2 heterocycles. The van der Waals surface area contributed by atoms with E-state index in [0.29, 0.717) is 6.54 Å². The van der Waals surface area contributed by atoms with Crippen LogP contribution < -0.4 is 10.6 Å². The molecular formula is C23H37IN6S. The van der Waals surface area contributed by atoms with Gasteiger partial charge in [0.15, 0.2) is 5.96 Å². The lowest BCUT2D eigenvalue weighted by Crippen LogP contribution is -2.45. The second-order valence-electron chi connectivity index (χ2n) is 7.71. The first-order valence-electron chi connectivity index (χ1n) is 11.1. The van der Waals surface area contributed by atoms with Crippen molar-refractivity contribution < 1.29 is 0 Å². The average molecular weight is 557 g/mol. The summed E-state index contributed by atoms with van der Waals surface area (Å²) in [6.45, 7) is 15.6. The fraction of sp³-hybridized carbons (Fsp3) is 0.565. The number of piperazine rings is 1. The molecule has 6 nitrogen and oxygen atoms in total. The maximum Gasteiger partial charge on any atom is 0.191 e. The van der Waals surface area contributed by atoms with E-state index in [4.69, 9.17) is 4.99 Å². The average Bonchev–Trinajstić information content (AvgIpc) is 3.18. The van der Waals surface area contributed by atoms with Gasteiger partial charge in [-0.1, -0.05) is 31.2 Å². The van der Waals surface area contributed by atoms with Crippen molar-refractivity contribution in [2.24, 2.45) is 4.99 Å². The lowest BCUT2D eigenvalue weighted by atomic mass is 10.1. The van der Waals surface area contributed by atoms with E-state index < -0.39 is 0 Å². The summed E-state index contributed by atoms with van der Waals surface area (Å²) in [5.41, 5.74) is 3.84. The van der Waals surface area contributed by atoms with E-state index in [1.54, 1.807) is 11.3 Å². The van der Waals surface area contributed by atoms with Crippen LogP contribution in [0, 0.1) is 6.92 Å². The van der Waals surface area contributed by atoms with Crippen LogP contribution in [0.1, 0.15) is 35.7 Å². The number of hydrogen-bond acceptors (Lipinski definition) is 5. The van der Waals surface area contributed by atoms with Gasteiger partial charge < -0.3 is 15.5 Å². The Hall–Kier alpha value is -1.23. The van der Waals surface area contributed by atoms with Gasteiger partial charge in [-0.05, 0) is 31.5 Å². The topological polar surface area (TPSA) is 55.8 Å². The van der Waals surface area contributed by atoms with E-state index >= 15 is 0 Å². The molecular weight excluding hydrogens is 519 g/mol. The van der Waals surface area contributed by atoms with E-state index in [1.165, 1.54) is 24.2 Å². The molecule has 0 saturated carbocycles. The maximum absolute atomic E-state index is 4.85. The van der Waals surface area contributed by atoms with Crippen LogP contribution in [0.15, 0.2) is 34.6 Å². The van der Waals surface area contributed by atoms with Gasteiger partial charge in [0.25, 0.3) is 0 Å². The molecule has 8 heteroatoms. The molecule has 1 aliphatic heterocycles. The molecule has 2 aromatic rings. The Kier molecular flexibility index (Phi) is 11.8. The highest BCUT2D eigenvalue weighted by atomic mass is 127. The molecule has 3 rings (SSSR count). The Morgan fingerprint density at radius 1 is 1.06 bits per heavy atom. The minimum Gasteiger partial charge on any atom is -0.357 e. The third kappa shape index (κ3) is 8.67. The number of aliphatic imine (C=N–C) groups is 1. The quantitative estimate of drug-likeness (QED) is 0.282. The van der Waals surface area contributed by atoms with Gasteiger partial charge in [0.1, 0.15) is 0 Å². The molecule has 1 aliphatic rings. The Balaban J connectivity index is 0.00000341. The van der Waals surface area contributed by atoms with Crippen LogP contribution in [0.5, 0.6) is 0 Å². The highest BCUT2D eigenvalue weighted by Gasteiger charge is 2.16. The van der Waals surface area contributed by atoms with Crippen LogP contribution in [-0.2, 0) is 19.5 Å². The highest BCUT2D eigenvalue weighted by Crippen LogP contribution is 2.15. The van der Waals surface area contributed by atoms with Crippen LogP contribution in [0.2, 0.25) is 0 Å². The zero-order valence-electron chi connectivity index (χ0n) is 19.1. The number of halogens is 1. The van der Waals surface area contributed by atoms with Crippen molar-refractivity contribution in [1.82, 2.24) is 25.4 Å². The van der Waals surface area contributed by atoms with Crippen LogP contribution in [0.4, 0.5) is 0 Å². The molecule has 1 saturated heterocycles. The lowest BCUT2D eigenvalue weighted by Gasteiger charge is -2.34. The fourth-order valence-electron chi connectivity index (χ4n) is 3.71. The van der Waals surface area contributed by atoms with Crippen molar-refractivity contribution in [3.63, 3.8) is 0 Å². The van der Waals surface area contributed by atoms with Crippen molar-refractivity contribution in [3.8, 4) is 0 Å². The number of thiazole rings is 1. The first kappa shape index (κ1) is 26.0. The minimum absolute atomic E-state index is 0. The predicted octanol–water partition coefficient (Wildman–Crippen LogP) is 3.50. The van der Waals surface area contributed by atoms with E-state index in [9.17, 15) is 0 Å². The van der Waals surface area contributed by atoms with Gasteiger partial charge in [0.2, 0.25) is 0 Å². The number of hydrogen-bond donors (Lipinski definition) is 2. The van der Waals surface area contributed by atoms with E-state index in [-0.39, 0.29) is 24.0 Å². The van der Waals surface area contributed by atoms with Crippen LogP contribution in [-0.4, -0.2) is 66.6 Å². The smallest absolute Gasteiger partial charge is 0.191 e. The summed E-state index contributed by atoms with van der Waals surface area (Å²) in [5, 5.41) is 10.1. The normalized spacial score (nSPS) is 15.5. The van der Waals surface area contributed by atoms with Gasteiger partial charge in [0, 0.05) is 57.6 Å². The number of rotatable bonds is 9. The second-order valence-corrected chi connectivity index (χ2v) is 8.77. The van der Waals surface area contributed by atoms with Crippen molar-refractivity contribution in [3.05, 3.63) is 51.5 Å². The Morgan fingerprint density at radius 2 is 1.77 bits per heavy atom. The van der Waals surface area contributed by atoms with Crippen molar-refractivity contribution >= 4 is 41.3 Å². The highest BCUT2D eigenvalue weighted by molar-refractivity contribution is 14.0. The van der Waals surface area contributed by atoms with Gasteiger partial charge in [0.05, 0.1) is 17.2 Å². The summed E-state index contributed by atoms with van der Waals surface area (Å²) in [6.07, 6.45) is 0.912. The Bertz CT molecular complexity index is 801. The molecule has 172 valence electrons. The van der Waals surface area contributed by atoms with Gasteiger partial charge in [-0.2, -0.15) is 0 Å². The van der Waals surface area contributed by atoms with Gasteiger partial charge in [-0.3, -0.25) is 4.90 Å². The van der Waals surface area contributed by atoms with E-state index in [0.717, 1.165) is 62.4 Å². The van der Waals surface area contributed by atoms with Crippen LogP contribution in [0.3, 0.4) is 0 Å². The maximum atomic E-state index is 4.85. The second kappa shape index (κ2) is 14.0. The zero-order chi connectivity index (χ0) is 21.2. The third-order valence-corrected chi connectivity index (χ3v) is 6.34. The summed E-state index contributed by atoms with van der Waals surface area (Å²) >= 11 is 1.71. The molecule has 0 atom stereocenters. The van der Waals surface area contributed by atoms with E-state index in [2.05, 4.69) is 68.9 Å². The number of likely N-dealkylation sites (N-methyl/N-ethyl adjacent to an activating group) is 1. The number of nitrogens with one attached hydrogen (secondary N) is 2. The molecule has 0 spiro atoms. The molecule has 1 aromatic heterocycles. The summed E-state index contributed by atoms with van der Waals surface area (Å²) in [7, 11) is 0. The predicted molar refractivity (Wildman–Crippen MR) is 143 cm³/mol. The van der Waals surface area contributed by atoms with Crippen molar-refractivity contribution in [1.29, 1.82) is 0 Å². The van der Waals surface area contributed by atoms with Gasteiger partial charge >= 0.3 is 0 Å². The molecule has 1 fully saturated rings. The molecule has 31 heavy (non-hydrogen) atoms. The van der Waals surface area contributed by atoms with Crippen LogP contribution in [0.25, 0.3) is 0 Å². The third-order valence-electron chi connectivity index (χ3n) is 5.52. The van der Waals surface area contributed by atoms with Crippen LogP contribution >= 0.6 is 35.3 Å². The molecule has 2 N–H and O–H groups in total. The zero-order valence-corrected chi connectivity index (χ0v) is 22.2. The Labute approximate surface area is 208 Å². The lowest BCUT2D eigenvalue weighted by molar-refractivity contribution is 0.131. The first-order valence-corrected chi connectivity index (χ1v) is 12.0. The SMILES string of the molecule is CCNC(=NCc1ccccc1CN1CCN(CC)CC1)NCCc1csc(C)n1.I. The number of guanidine groups is 1. The first-order chi connectivity index (χ1) is 14.7. The molecule has 1 aromatic carbocycles. The monoisotopic (exact) mass is 556 g/mol. The number of aryl methyl sites for hydroxylation is 1. The standard InChI is InChI=1S/C23H36N6S.HI/c1-4-24-23(25-11-10-22-18-30-19(3)27-22)26-16-20-8-6-7-9-21(20)17-29-14-12-28(5-2)13-15-29;/h6-9,18H,4-5,10-17H2,1-3H3,(H2,24,25,26);1H. The fourth-order valence-corrected chi connectivity index (χ4v) is 4.36. The van der Waals surface area contributed by atoms with E-state index in [1.807, 2.05) is 6.92 Å². The molecule has 0 unspecified atom stereocenters. The summed E-state index contributed by atoms with van der Waals surface area (Å²) < 4.78 is 0. The van der Waals surface area contributed by atoms with Crippen molar-refractivity contribution in [2.75, 3.05) is 45.8 Å². The molecule has 0 amide bonds. The largest absolute Gasteiger partial charge is 0.357 e. The number of aromatic nitrogens is 1. The Morgan fingerprint density at radius 3 is 2.42 bits per heavy atom. The van der Waals surface area contributed by atoms with Gasteiger partial charge in [-0.15, -0.1) is 35.3 Å². The number of benzene rings is 1. The number of nitrogens with zero attached hydrogens (tertiary/aromatic N) is 4. The molecule has 0 aliphatic carbocycles. The molecule has 0 radical (unpaired) electrons. The summed E-state index contributed by atoms with van der Waals surface area (Å²) in [6, 6.07) is 8.73. The minimum atomic E-state index is 0. The van der Waals surface area contributed by atoms with Gasteiger partial charge in [-0.25, -0.2) is 9.98 Å².